The first-order chi connectivity index (χ1) is 15.8. The lowest BCUT2D eigenvalue weighted by molar-refractivity contribution is -0.384. The summed E-state index contributed by atoms with van der Waals surface area (Å²) in [5, 5.41) is 20.4. The largest absolute Gasteiger partial charge is 0.493 e. The number of hydrogen-bond donors (Lipinski definition) is 0. The van der Waals surface area contributed by atoms with Gasteiger partial charge in [0, 0.05) is 25.2 Å². The van der Waals surface area contributed by atoms with Crippen LogP contribution in [0.15, 0.2) is 42.0 Å². The van der Waals surface area contributed by atoms with Gasteiger partial charge < -0.3 is 19.1 Å². The third-order valence-electron chi connectivity index (χ3n) is 4.73. The Morgan fingerprint density at radius 1 is 1.21 bits per heavy atom. The Balaban J connectivity index is 1.84. The van der Waals surface area contributed by atoms with E-state index in [9.17, 15) is 25.0 Å². The molecule has 0 N–H and O–H groups in total. The number of nitriles is 1. The van der Waals surface area contributed by atoms with Crippen molar-refractivity contribution >= 4 is 35.2 Å². The molecule has 0 atom stereocenters. The number of nitro groups is 1. The molecule has 33 heavy (non-hydrogen) atoms. The number of hydrogen-bond acceptors (Lipinski definition) is 8. The third kappa shape index (κ3) is 5.65. The highest BCUT2D eigenvalue weighted by atomic mass is 35.5. The Morgan fingerprint density at radius 3 is 2.58 bits per heavy atom. The summed E-state index contributed by atoms with van der Waals surface area (Å²) in [6.07, 6.45) is 1.41. The number of nitro benzene ring substituents is 1. The van der Waals surface area contributed by atoms with E-state index in [0.717, 1.165) is 6.07 Å². The molecular formula is C22H18ClN3O7. The monoisotopic (exact) mass is 471 g/mol. The van der Waals surface area contributed by atoms with Gasteiger partial charge >= 0.3 is 5.97 Å². The summed E-state index contributed by atoms with van der Waals surface area (Å²) in [6, 6.07) is 9.77. The second kappa shape index (κ2) is 10.6. The van der Waals surface area contributed by atoms with Crippen molar-refractivity contribution in [1.29, 1.82) is 5.26 Å². The van der Waals surface area contributed by atoms with Gasteiger partial charge in [-0.15, -0.1) is 0 Å². The Morgan fingerprint density at radius 2 is 1.94 bits per heavy atom. The number of morpholine rings is 1. The normalized spacial score (nSPS) is 13.7. The zero-order chi connectivity index (χ0) is 24.0. The predicted molar refractivity (Wildman–Crippen MR) is 117 cm³/mol. The molecule has 170 valence electrons. The molecule has 0 spiro atoms. The van der Waals surface area contributed by atoms with Crippen LogP contribution >= 0.6 is 11.6 Å². The van der Waals surface area contributed by atoms with Gasteiger partial charge in [0.1, 0.15) is 11.6 Å². The first-order valence-electron chi connectivity index (χ1n) is 9.67. The van der Waals surface area contributed by atoms with Crippen LogP contribution in [0.5, 0.6) is 11.5 Å². The SMILES string of the molecule is COc1cc(/C=C(\C#N)C(=O)N2CCOCC2)ccc1OC(=O)c1cc([N+](=O)[O-])ccc1Cl. The van der Waals surface area contributed by atoms with Gasteiger partial charge in [0.2, 0.25) is 0 Å². The minimum atomic E-state index is -0.912. The van der Waals surface area contributed by atoms with Crippen molar-refractivity contribution < 1.29 is 28.7 Å². The molecule has 2 aromatic rings. The highest BCUT2D eigenvalue weighted by Gasteiger charge is 2.22. The van der Waals surface area contributed by atoms with Crippen molar-refractivity contribution in [1.82, 2.24) is 4.90 Å². The highest BCUT2D eigenvalue weighted by molar-refractivity contribution is 6.33. The summed E-state index contributed by atoms with van der Waals surface area (Å²) in [7, 11) is 1.35. The van der Waals surface area contributed by atoms with Crippen molar-refractivity contribution in [2.75, 3.05) is 33.4 Å². The van der Waals surface area contributed by atoms with E-state index < -0.39 is 16.8 Å². The fourth-order valence-electron chi connectivity index (χ4n) is 3.04. The van der Waals surface area contributed by atoms with E-state index in [0.29, 0.717) is 31.9 Å². The molecule has 1 aliphatic rings. The number of amides is 1. The zero-order valence-corrected chi connectivity index (χ0v) is 18.2. The quantitative estimate of drug-likeness (QED) is 0.156. The molecule has 0 saturated carbocycles. The lowest BCUT2D eigenvalue weighted by Gasteiger charge is -2.26. The number of methoxy groups -OCH3 is 1. The lowest BCUT2D eigenvalue weighted by Crippen LogP contribution is -2.41. The fourth-order valence-corrected chi connectivity index (χ4v) is 3.24. The number of ether oxygens (including phenoxy) is 3. The van der Waals surface area contributed by atoms with Crippen LogP contribution < -0.4 is 9.47 Å². The number of rotatable bonds is 6. The Bertz CT molecular complexity index is 1170. The van der Waals surface area contributed by atoms with Crippen molar-refractivity contribution in [3.63, 3.8) is 0 Å². The number of carbonyl (C=O) groups is 2. The fraction of sp³-hybridized carbons (Fsp3) is 0.227. The predicted octanol–water partition coefficient (Wildman–Crippen LogP) is 3.24. The Hall–Kier alpha value is -3.94. The lowest BCUT2D eigenvalue weighted by atomic mass is 10.1. The smallest absolute Gasteiger partial charge is 0.345 e. The van der Waals surface area contributed by atoms with Crippen molar-refractivity contribution in [3.05, 3.63) is 68.2 Å². The van der Waals surface area contributed by atoms with E-state index in [1.54, 1.807) is 0 Å². The Kier molecular flexibility index (Phi) is 7.61. The van der Waals surface area contributed by atoms with Gasteiger partial charge in [-0.2, -0.15) is 5.26 Å². The molecule has 0 aliphatic carbocycles. The molecule has 11 heteroatoms. The van der Waals surface area contributed by atoms with Crippen LogP contribution in [-0.4, -0.2) is 55.1 Å². The standard InChI is InChI=1S/C22H18ClN3O7/c1-31-20-11-14(10-15(13-24)21(27)25-6-8-32-9-7-25)2-5-19(20)33-22(28)17-12-16(26(29)30)3-4-18(17)23/h2-5,10-12H,6-9H2,1H3/b15-10+. The van der Waals surface area contributed by atoms with Crippen LogP contribution in [-0.2, 0) is 9.53 Å². The number of non-ortho nitro benzene ring substituents is 1. The van der Waals surface area contributed by atoms with E-state index in [2.05, 4.69) is 0 Å². The second-order valence-corrected chi connectivity index (χ2v) is 7.20. The van der Waals surface area contributed by atoms with Gasteiger partial charge in [-0.3, -0.25) is 14.9 Å². The third-order valence-corrected chi connectivity index (χ3v) is 5.06. The molecule has 0 unspecified atom stereocenters. The average Bonchev–Trinajstić information content (AvgIpc) is 2.83. The van der Waals surface area contributed by atoms with Crippen molar-refractivity contribution in [2.24, 2.45) is 0 Å². The molecule has 0 radical (unpaired) electrons. The van der Waals surface area contributed by atoms with Gasteiger partial charge in [0.15, 0.2) is 11.5 Å². The number of carbonyl (C=O) groups excluding carboxylic acids is 2. The zero-order valence-electron chi connectivity index (χ0n) is 17.4. The summed E-state index contributed by atoms with van der Waals surface area (Å²) in [4.78, 5) is 37.0. The molecule has 1 aliphatic heterocycles. The molecule has 1 amide bonds. The second-order valence-electron chi connectivity index (χ2n) is 6.80. The summed E-state index contributed by atoms with van der Waals surface area (Å²) < 4.78 is 15.8. The van der Waals surface area contributed by atoms with Crippen molar-refractivity contribution in [3.8, 4) is 17.6 Å². The molecule has 3 rings (SSSR count). The maximum Gasteiger partial charge on any atom is 0.345 e. The van der Waals surface area contributed by atoms with Gasteiger partial charge in [-0.1, -0.05) is 17.7 Å². The summed E-state index contributed by atoms with van der Waals surface area (Å²) >= 11 is 5.99. The van der Waals surface area contributed by atoms with Crippen LogP contribution in [0.1, 0.15) is 15.9 Å². The van der Waals surface area contributed by atoms with E-state index in [1.807, 2.05) is 6.07 Å². The van der Waals surface area contributed by atoms with Crippen molar-refractivity contribution in [2.45, 2.75) is 0 Å². The molecule has 1 heterocycles. The van der Waals surface area contributed by atoms with Crippen LogP contribution in [0.2, 0.25) is 5.02 Å². The maximum atomic E-state index is 12.6. The molecule has 2 aromatic carbocycles. The van der Waals surface area contributed by atoms with E-state index in [4.69, 9.17) is 25.8 Å². The van der Waals surface area contributed by atoms with Gasteiger partial charge in [-0.05, 0) is 29.8 Å². The average molecular weight is 472 g/mol. The minimum absolute atomic E-state index is 0.00981. The maximum absolute atomic E-state index is 12.6. The summed E-state index contributed by atoms with van der Waals surface area (Å²) in [5.41, 5.74) is -0.0854. The van der Waals surface area contributed by atoms with Crippen LogP contribution in [0.25, 0.3) is 6.08 Å². The van der Waals surface area contributed by atoms with Gasteiger partial charge in [0.25, 0.3) is 11.6 Å². The van der Waals surface area contributed by atoms with Crippen LogP contribution in [0.3, 0.4) is 0 Å². The van der Waals surface area contributed by atoms with Crippen LogP contribution in [0.4, 0.5) is 5.69 Å². The van der Waals surface area contributed by atoms with Crippen LogP contribution in [0, 0.1) is 21.4 Å². The molecule has 0 bridgehead atoms. The highest BCUT2D eigenvalue weighted by Crippen LogP contribution is 2.31. The Labute approximate surface area is 193 Å². The van der Waals surface area contributed by atoms with E-state index >= 15 is 0 Å². The molecular weight excluding hydrogens is 454 g/mol. The first kappa shape index (κ1) is 23.7. The first-order valence-corrected chi connectivity index (χ1v) is 10.0. The number of esters is 1. The molecule has 1 saturated heterocycles. The summed E-state index contributed by atoms with van der Waals surface area (Å²) in [6.45, 7) is 1.62. The number of nitrogens with zero attached hydrogens (tertiary/aromatic N) is 3. The van der Waals surface area contributed by atoms with Gasteiger partial charge in [-0.25, -0.2) is 4.79 Å². The minimum Gasteiger partial charge on any atom is -0.493 e. The molecule has 1 fully saturated rings. The van der Waals surface area contributed by atoms with E-state index in [1.165, 1.54) is 48.4 Å². The number of halogens is 1. The number of benzene rings is 2. The summed E-state index contributed by atoms with van der Waals surface area (Å²) in [5.74, 6) is -1.14. The topological polar surface area (TPSA) is 132 Å². The van der Waals surface area contributed by atoms with E-state index in [-0.39, 0.29) is 33.3 Å². The molecule has 0 aromatic heterocycles. The molecule has 10 nitrogen and oxygen atoms in total. The van der Waals surface area contributed by atoms with Gasteiger partial charge in [0.05, 0.1) is 35.8 Å².